The monoisotopic (exact) mass is 563 g/mol. The number of guanidine groups is 1. The number of ether oxygens (including phenoxy) is 2. The molecule has 2 heterocycles. The minimum absolute atomic E-state index is 0. The second-order valence-corrected chi connectivity index (χ2v) is 8.52. The summed E-state index contributed by atoms with van der Waals surface area (Å²) in [4.78, 5) is 7.20. The molecule has 0 spiro atoms. The third-order valence-electron chi connectivity index (χ3n) is 6.41. The summed E-state index contributed by atoms with van der Waals surface area (Å²) < 4.78 is 13.5. The van der Waals surface area contributed by atoms with Gasteiger partial charge in [0.05, 0.1) is 19.3 Å². The minimum Gasteiger partial charge on any atom is -0.379 e. The largest absolute Gasteiger partial charge is 0.379 e. The number of hydrogen-bond acceptors (Lipinski definition) is 6. The van der Waals surface area contributed by atoms with Crippen molar-refractivity contribution in [1.29, 1.82) is 0 Å². The van der Waals surface area contributed by atoms with E-state index in [0.717, 1.165) is 76.6 Å². The van der Waals surface area contributed by atoms with Gasteiger partial charge in [-0.3, -0.25) is 4.90 Å². The summed E-state index contributed by atoms with van der Waals surface area (Å²) in [7, 11) is 1.98. The molecule has 1 unspecified atom stereocenters. The SMILES string of the molecule is CCOC(CCNC(=NCc1nnc(C)n1C)NCCN1CCOCC1)C1CCCC1.I. The molecule has 0 amide bonds. The van der Waals surface area contributed by atoms with E-state index in [4.69, 9.17) is 14.5 Å². The molecule has 2 aliphatic rings. The Morgan fingerprint density at radius 3 is 2.56 bits per heavy atom. The van der Waals surface area contributed by atoms with E-state index in [0.29, 0.717) is 18.6 Å². The van der Waals surface area contributed by atoms with Crippen LogP contribution >= 0.6 is 24.0 Å². The summed E-state index contributed by atoms with van der Waals surface area (Å²) in [6, 6.07) is 0. The van der Waals surface area contributed by atoms with Crippen molar-refractivity contribution < 1.29 is 9.47 Å². The molecule has 1 aliphatic carbocycles. The third kappa shape index (κ3) is 8.75. The minimum atomic E-state index is 0. The molecule has 1 aromatic rings. The molecule has 3 rings (SSSR count). The van der Waals surface area contributed by atoms with E-state index >= 15 is 0 Å². The van der Waals surface area contributed by atoms with E-state index in [1.807, 2.05) is 18.5 Å². The number of nitrogens with zero attached hydrogens (tertiary/aromatic N) is 5. The van der Waals surface area contributed by atoms with Crippen LogP contribution in [-0.2, 0) is 23.1 Å². The highest BCUT2D eigenvalue weighted by atomic mass is 127. The maximum Gasteiger partial charge on any atom is 0.191 e. The lowest BCUT2D eigenvalue weighted by atomic mass is 9.98. The molecule has 1 saturated carbocycles. The van der Waals surface area contributed by atoms with Crippen LogP contribution in [0, 0.1) is 12.8 Å². The fourth-order valence-corrected chi connectivity index (χ4v) is 4.40. The highest BCUT2D eigenvalue weighted by molar-refractivity contribution is 14.0. The van der Waals surface area contributed by atoms with Crippen LogP contribution < -0.4 is 10.6 Å². The lowest BCUT2D eigenvalue weighted by Crippen LogP contribution is -2.45. The number of halogens is 1. The number of aliphatic imine (C=N–C) groups is 1. The van der Waals surface area contributed by atoms with E-state index in [9.17, 15) is 0 Å². The van der Waals surface area contributed by atoms with Gasteiger partial charge >= 0.3 is 0 Å². The zero-order chi connectivity index (χ0) is 21.9. The normalized spacial score (nSPS) is 19.0. The molecule has 0 bridgehead atoms. The second kappa shape index (κ2) is 15.0. The molecule has 1 aliphatic heterocycles. The Morgan fingerprint density at radius 1 is 1.19 bits per heavy atom. The molecule has 0 radical (unpaired) electrons. The summed E-state index contributed by atoms with van der Waals surface area (Å²) in [5.41, 5.74) is 0. The molecule has 9 nitrogen and oxygen atoms in total. The summed E-state index contributed by atoms with van der Waals surface area (Å²) in [6.45, 7) is 11.7. The first-order valence-electron chi connectivity index (χ1n) is 12.0. The number of morpholine rings is 1. The standard InChI is InChI=1S/C22H41N7O2.HI/c1-4-31-20(19-7-5-6-8-19)9-10-23-22(24-11-12-29-13-15-30-16-14-29)25-17-21-27-26-18(2)28(21)3;/h19-20H,4-17H2,1-3H3,(H2,23,24,25);1H. The second-order valence-electron chi connectivity index (χ2n) is 8.52. The van der Waals surface area contributed by atoms with Crippen molar-refractivity contribution in [3.63, 3.8) is 0 Å². The summed E-state index contributed by atoms with van der Waals surface area (Å²) >= 11 is 0. The van der Waals surface area contributed by atoms with Crippen molar-refractivity contribution in [2.75, 3.05) is 52.5 Å². The number of aryl methyl sites for hydroxylation is 1. The molecule has 2 fully saturated rings. The van der Waals surface area contributed by atoms with Gasteiger partial charge in [-0.2, -0.15) is 0 Å². The van der Waals surface area contributed by atoms with E-state index < -0.39 is 0 Å². The van der Waals surface area contributed by atoms with Crippen molar-refractivity contribution in [3.8, 4) is 0 Å². The fourth-order valence-electron chi connectivity index (χ4n) is 4.40. The lowest BCUT2D eigenvalue weighted by Gasteiger charge is -2.27. The Hall–Kier alpha value is -0.980. The molecular weight excluding hydrogens is 521 g/mol. The Kier molecular flexibility index (Phi) is 12.8. The predicted octanol–water partition coefficient (Wildman–Crippen LogP) is 2.09. The van der Waals surface area contributed by atoms with Crippen LogP contribution in [0.1, 0.15) is 50.7 Å². The van der Waals surface area contributed by atoms with E-state index in [2.05, 4.69) is 32.7 Å². The first kappa shape index (κ1) is 27.3. The van der Waals surface area contributed by atoms with Crippen LogP contribution in [0.3, 0.4) is 0 Å². The van der Waals surface area contributed by atoms with Gasteiger partial charge in [-0.15, -0.1) is 34.2 Å². The van der Waals surface area contributed by atoms with E-state index in [-0.39, 0.29) is 24.0 Å². The molecule has 184 valence electrons. The first-order chi connectivity index (χ1) is 15.2. The Balaban J connectivity index is 0.00000363. The van der Waals surface area contributed by atoms with Gasteiger partial charge in [0, 0.05) is 46.4 Å². The van der Waals surface area contributed by atoms with Gasteiger partial charge in [-0.1, -0.05) is 12.8 Å². The molecule has 1 aromatic heterocycles. The Bertz CT molecular complexity index is 673. The highest BCUT2D eigenvalue weighted by Gasteiger charge is 2.25. The lowest BCUT2D eigenvalue weighted by molar-refractivity contribution is 0.0169. The Morgan fingerprint density at radius 2 is 1.91 bits per heavy atom. The smallest absolute Gasteiger partial charge is 0.191 e. The molecule has 2 N–H and O–H groups in total. The molecular formula is C22H42IN7O2. The Labute approximate surface area is 210 Å². The quantitative estimate of drug-likeness (QED) is 0.242. The fraction of sp³-hybridized carbons (Fsp3) is 0.864. The highest BCUT2D eigenvalue weighted by Crippen LogP contribution is 2.30. The summed E-state index contributed by atoms with van der Waals surface area (Å²) in [5.74, 6) is 3.30. The maximum absolute atomic E-state index is 6.08. The van der Waals surface area contributed by atoms with Crippen LogP contribution in [0.15, 0.2) is 4.99 Å². The van der Waals surface area contributed by atoms with Gasteiger partial charge in [0.1, 0.15) is 12.4 Å². The topological polar surface area (TPSA) is 88.8 Å². The summed E-state index contributed by atoms with van der Waals surface area (Å²) in [6.07, 6.45) is 6.63. The van der Waals surface area contributed by atoms with Gasteiger partial charge in [0.2, 0.25) is 0 Å². The average Bonchev–Trinajstić information content (AvgIpc) is 3.43. The van der Waals surface area contributed by atoms with Gasteiger partial charge in [0.15, 0.2) is 11.8 Å². The molecule has 10 heteroatoms. The van der Waals surface area contributed by atoms with E-state index in [1.54, 1.807) is 0 Å². The van der Waals surface area contributed by atoms with Crippen molar-refractivity contribution >= 4 is 29.9 Å². The van der Waals surface area contributed by atoms with Gasteiger partial charge in [0.25, 0.3) is 0 Å². The maximum atomic E-state index is 6.08. The predicted molar refractivity (Wildman–Crippen MR) is 138 cm³/mol. The molecule has 0 aromatic carbocycles. The van der Waals surface area contributed by atoms with Crippen molar-refractivity contribution in [2.45, 2.75) is 58.6 Å². The van der Waals surface area contributed by atoms with E-state index in [1.165, 1.54) is 25.7 Å². The molecule has 1 saturated heterocycles. The number of nitrogens with one attached hydrogen (secondary N) is 2. The number of hydrogen-bond donors (Lipinski definition) is 2. The molecule has 32 heavy (non-hydrogen) atoms. The summed E-state index contributed by atoms with van der Waals surface area (Å²) in [5, 5.41) is 15.4. The van der Waals surface area contributed by atoms with Gasteiger partial charge < -0.3 is 24.7 Å². The average molecular weight is 564 g/mol. The van der Waals surface area contributed by atoms with Crippen LogP contribution in [-0.4, -0.2) is 84.3 Å². The number of aromatic nitrogens is 3. The third-order valence-corrected chi connectivity index (χ3v) is 6.41. The van der Waals surface area contributed by atoms with Crippen molar-refractivity contribution in [3.05, 3.63) is 11.6 Å². The zero-order valence-corrected chi connectivity index (χ0v) is 22.3. The first-order valence-corrected chi connectivity index (χ1v) is 12.0. The van der Waals surface area contributed by atoms with Crippen LogP contribution in [0.25, 0.3) is 0 Å². The van der Waals surface area contributed by atoms with Gasteiger partial charge in [-0.25, -0.2) is 4.99 Å². The van der Waals surface area contributed by atoms with Crippen LogP contribution in [0.2, 0.25) is 0 Å². The van der Waals surface area contributed by atoms with Crippen LogP contribution in [0.5, 0.6) is 0 Å². The van der Waals surface area contributed by atoms with Crippen molar-refractivity contribution in [2.24, 2.45) is 18.0 Å². The van der Waals surface area contributed by atoms with Crippen molar-refractivity contribution in [1.82, 2.24) is 30.3 Å². The molecule has 1 atom stereocenters. The van der Waals surface area contributed by atoms with Crippen LogP contribution in [0.4, 0.5) is 0 Å². The van der Waals surface area contributed by atoms with Gasteiger partial charge in [-0.05, 0) is 39.0 Å². The zero-order valence-electron chi connectivity index (χ0n) is 20.0. The number of rotatable bonds is 11.